The molecule has 1 atom stereocenters. The van der Waals surface area contributed by atoms with E-state index in [-0.39, 0.29) is 31.1 Å². The predicted octanol–water partition coefficient (Wildman–Crippen LogP) is 24.3. The Morgan fingerprint density at radius 2 is 0.470 bits per heavy atom. The Hall–Kier alpha value is -4.19. The molecule has 6 heteroatoms. The summed E-state index contributed by atoms with van der Waals surface area (Å²) in [5, 5.41) is 0. The van der Waals surface area contributed by atoms with Crippen LogP contribution in [-0.2, 0) is 28.6 Å². The molecule has 0 radical (unpaired) electrons. The van der Waals surface area contributed by atoms with Gasteiger partial charge in [0.2, 0.25) is 0 Å². The molecule has 0 aliphatic carbocycles. The number of allylic oxidation sites excluding steroid dienone is 20. The van der Waals surface area contributed by atoms with Crippen molar-refractivity contribution in [2.45, 2.75) is 335 Å². The highest BCUT2D eigenvalue weighted by atomic mass is 16.6. The van der Waals surface area contributed by atoms with Gasteiger partial charge in [0.15, 0.2) is 6.10 Å². The largest absolute Gasteiger partial charge is 0.462 e. The Morgan fingerprint density at radius 3 is 0.747 bits per heavy atom. The van der Waals surface area contributed by atoms with Crippen molar-refractivity contribution in [2.75, 3.05) is 13.2 Å². The zero-order valence-electron chi connectivity index (χ0n) is 54.4. The van der Waals surface area contributed by atoms with Crippen molar-refractivity contribution in [3.63, 3.8) is 0 Å². The Labute approximate surface area is 513 Å². The molecule has 0 saturated carbocycles. The first-order valence-corrected chi connectivity index (χ1v) is 35.0. The lowest BCUT2D eigenvalue weighted by Crippen LogP contribution is -2.30. The van der Waals surface area contributed by atoms with Crippen LogP contribution in [0.3, 0.4) is 0 Å². The minimum atomic E-state index is -0.790. The van der Waals surface area contributed by atoms with Gasteiger partial charge in [0.1, 0.15) is 13.2 Å². The number of hydrogen-bond donors (Lipinski definition) is 0. The van der Waals surface area contributed by atoms with Crippen molar-refractivity contribution in [2.24, 2.45) is 0 Å². The minimum absolute atomic E-state index is 0.0847. The molecular weight excluding hydrogens is 1020 g/mol. The van der Waals surface area contributed by atoms with Crippen LogP contribution in [0.4, 0.5) is 0 Å². The molecule has 1 unspecified atom stereocenters. The lowest BCUT2D eigenvalue weighted by Gasteiger charge is -2.18. The Morgan fingerprint density at radius 1 is 0.253 bits per heavy atom. The maximum absolute atomic E-state index is 13.0. The van der Waals surface area contributed by atoms with Crippen LogP contribution in [0.15, 0.2) is 122 Å². The van der Waals surface area contributed by atoms with Crippen LogP contribution < -0.4 is 0 Å². The van der Waals surface area contributed by atoms with E-state index < -0.39 is 6.10 Å². The standard InChI is InChI=1S/C77H130O6/c1-4-7-10-13-16-19-22-25-28-30-32-34-35-36-37-38-39-40-41-43-44-46-49-52-55-58-61-64-67-70-76(79)82-73-74(72-81-75(78)69-66-63-60-57-54-51-48-27-24-21-18-15-12-9-6-3)83-77(80)71-68-65-62-59-56-53-50-47-45-42-33-31-29-26-23-20-17-14-11-8-5-2/h7-8,10-11,16-17,19-20,25-29,32-34,36-37,42,48,74H,4-6,9,12-15,18,21-24,30-31,35,38-41,43-47,49-73H2,1-3H3/b10-7-,11-8-,19-16-,20-17-,28-25-,29-26-,34-32-,37-36-,42-33-,48-27-. The monoisotopic (exact) mass is 1150 g/mol. The average Bonchev–Trinajstić information content (AvgIpc) is 3.49. The van der Waals surface area contributed by atoms with Gasteiger partial charge in [0.05, 0.1) is 0 Å². The number of ether oxygens (including phenoxy) is 3. The molecule has 0 heterocycles. The van der Waals surface area contributed by atoms with E-state index >= 15 is 0 Å². The minimum Gasteiger partial charge on any atom is -0.462 e. The third kappa shape index (κ3) is 68.5. The third-order valence-electron chi connectivity index (χ3n) is 14.9. The molecule has 0 fully saturated rings. The normalized spacial score (nSPS) is 12.9. The molecule has 0 aromatic carbocycles. The zero-order valence-corrected chi connectivity index (χ0v) is 54.4. The highest BCUT2D eigenvalue weighted by Gasteiger charge is 2.19. The van der Waals surface area contributed by atoms with E-state index in [1.165, 1.54) is 161 Å². The summed E-state index contributed by atoms with van der Waals surface area (Å²) in [5.41, 5.74) is 0. The second-order valence-corrected chi connectivity index (χ2v) is 23.0. The first-order chi connectivity index (χ1) is 41.0. The Balaban J connectivity index is 4.32. The summed E-state index contributed by atoms with van der Waals surface area (Å²) in [5.74, 6) is -0.891. The molecule has 0 aromatic heterocycles. The smallest absolute Gasteiger partial charge is 0.306 e. The Bertz CT molecular complexity index is 1700. The molecule has 0 amide bonds. The molecule has 0 bridgehead atoms. The fourth-order valence-electron chi connectivity index (χ4n) is 9.75. The number of carbonyl (C=O) groups excluding carboxylic acids is 3. The molecule has 0 aromatic rings. The number of esters is 3. The van der Waals surface area contributed by atoms with Crippen LogP contribution in [-0.4, -0.2) is 37.2 Å². The van der Waals surface area contributed by atoms with Crippen molar-refractivity contribution in [1.82, 2.24) is 0 Å². The van der Waals surface area contributed by atoms with Crippen molar-refractivity contribution < 1.29 is 28.6 Å². The van der Waals surface area contributed by atoms with Gasteiger partial charge in [0.25, 0.3) is 0 Å². The van der Waals surface area contributed by atoms with Crippen LogP contribution in [0.25, 0.3) is 0 Å². The fourth-order valence-corrected chi connectivity index (χ4v) is 9.75. The van der Waals surface area contributed by atoms with Crippen LogP contribution >= 0.6 is 0 Å². The second kappa shape index (κ2) is 70.3. The van der Waals surface area contributed by atoms with E-state index in [0.29, 0.717) is 19.3 Å². The predicted molar refractivity (Wildman–Crippen MR) is 362 cm³/mol. The molecule has 474 valence electrons. The van der Waals surface area contributed by atoms with E-state index in [9.17, 15) is 14.4 Å². The van der Waals surface area contributed by atoms with E-state index in [1.807, 2.05) is 0 Å². The van der Waals surface area contributed by atoms with Gasteiger partial charge in [-0.25, -0.2) is 0 Å². The molecule has 0 N–H and O–H groups in total. The molecular formula is C77H130O6. The number of unbranched alkanes of at least 4 members (excludes halogenated alkanes) is 32. The van der Waals surface area contributed by atoms with Gasteiger partial charge in [0, 0.05) is 19.3 Å². The molecule has 0 aliphatic heterocycles. The number of hydrogen-bond acceptors (Lipinski definition) is 6. The van der Waals surface area contributed by atoms with Crippen LogP contribution in [0, 0.1) is 0 Å². The topological polar surface area (TPSA) is 78.9 Å². The van der Waals surface area contributed by atoms with Gasteiger partial charge in [-0.1, -0.05) is 303 Å². The lowest BCUT2D eigenvalue weighted by molar-refractivity contribution is -0.167. The lowest BCUT2D eigenvalue weighted by atomic mass is 10.0. The average molecular weight is 1150 g/mol. The van der Waals surface area contributed by atoms with Gasteiger partial charge < -0.3 is 14.2 Å². The first-order valence-electron chi connectivity index (χ1n) is 35.0. The van der Waals surface area contributed by atoms with Crippen molar-refractivity contribution in [3.05, 3.63) is 122 Å². The SMILES string of the molecule is CC/C=C\C/C=C\C/C=C\C/C=C\C/C=C\CCCCCCCCCCCCCCCC(=O)OCC(COC(=O)CCCCCCC/C=C\CCCCCCCC)OC(=O)CCCCCCCCCC/C=C\C/C=C\C/C=C\C/C=C\CC. The summed E-state index contributed by atoms with van der Waals surface area (Å²) in [7, 11) is 0. The summed E-state index contributed by atoms with van der Waals surface area (Å²) in [4.78, 5) is 38.5. The Kier molecular flexibility index (Phi) is 66.7. The second-order valence-electron chi connectivity index (χ2n) is 23.0. The maximum atomic E-state index is 13.0. The van der Waals surface area contributed by atoms with Crippen molar-refractivity contribution in [3.8, 4) is 0 Å². The third-order valence-corrected chi connectivity index (χ3v) is 14.9. The molecule has 83 heavy (non-hydrogen) atoms. The summed E-state index contributed by atoms with van der Waals surface area (Å²) in [6.07, 6.45) is 97.9. The van der Waals surface area contributed by atoms with Gasteiger partial charge in [-0.2, -0.15) is 0 Å². The van der Waals surface area contributed by atoms with Gasteiger partial charge in [-0.05, 0) is 128 Å². The summed E-state index contributed by atoms with van der Waals surface area (Å²) in [6, 6.07) is 0. The van der Waals surface area contributed by atoms with Gasteiger partial charge in [-0.15, -0.1) is 0 Å². The molecule has 6 nitrogen and oxygen atoms in total. The quantitative estimate of drug-likeness (QED) is 0.0261. The first kappa shape index (κ1) is 78.8. The zero-order chi connectivity index (χ0) is 59.9. The maximum Gasteiger partial charge on any atom is 0.306 e. The number of carbonyl (C=O) groups is 3. The van der Waals surface area contributed by atoms with E-state index in [2.05, 4.69) is 142 Å². The van der Waals surface area contributed by atoms with Crippen molar-refractivity contribution >= 4 is 17.9 Å². The highest BCUT2D eigenvalue weighted by Crippen LogP contribution is 2.17. The van der Waals surface area contributed by atoms with Gasteiger partial charge in [-0.3, -0.25) is 14.4 Å². The highest BCUT2D eigenvalue weighted by molar-refractivity contribution is 5.71. The van der Waals surface area contributed by atoms with Crippen molar-refractivity contribution in [1.29, 1.82) is 0 Å². The van der Waals surface area contributed by atoms with E-state index in [4.69, 9.17) is 14.2 Å². The van der Waals surface area contributed by atoms with E-state index in [1.54, 1.807) is 0 Å². The summed E-state index contributed by atoms with van der Waals surface area (Å²) >= 11 is 0. The molecule has 0 spiro atoms. The van der Waals surface area contributed by atoms with Gasteiger partial charge >= 0.3 is 17.9 Å². The van der Waals surface area contributed by atoms with Crippen LogP contribution in [0.1, 0.15) is 329 Å². The summed E-state index contributed by atoms with van der Waals surface area (Å²) < 4.78 is 17.0. The van der Waals surface area contributed by atoms with E-state index in [0.717, 1.165) is 128 Å². The number of rotatable bonds is 63. The summed E-state index contributed by atoms with van der Waals surface area (Å²) in [6.45, 7) is 6.43. The molecule has 0 aliphatic rings. The molecule has 0 rings (SSSR count). The fraction of sp³-hybridized carbons (Fsp3) is 0.701. The molecule has 0 saturated heterocycles. The van der Waals surface area contributed by atoms with Crippen LogP contribution in [0.5, 0.6) is 0 Å². The van der Waals surface area contributed by atoms with Crippen LogP contribution in [0.2, 0.25) is 0 Å².